The molecule has 2 rings (SSSR count). The van der Waals surface area contributed by atoms with Crippen LogP contribution in [0, 0.1) is 0 Å². The molecule has 0 bridgehead atoms. The molecule has 0 amide bonds. The Morgan fingerprint density at radius 1 is 1.69 bits per heavy atom. The second kappa shape index (κ2) is 4.39. The molecule has 0 saturated carbocycles. The average molecular weight is 182 g/mol. The number of aromatic nitrogens is 1. The monoisotopic (exact) mass is 182 g/mol. The Labute approximate surface area is 77.3 Å². The van der Waals surface area contributed by atoms with Crippen LogP contribution in [0.4, 0.5) is 0 Å². The van der Waals surface area contributed by atoms with Crippen molar-refractivity contribution in [3.63, 3.8) is 0 Å². The van der Waals surface area contributed by atoms with Gasteiger partial charge < -0.3 is 14.5 Å². The molecule has 4 nitrogen and oxygen atoms in total. The summed E-state index contributed by atoms with van der Waals surface area (Å²) < 4.78 is 10.3. The molecule has 0 aromatic carbocycles. The molecule has 0 radical (unpaired) electrons. The van der Waals surface area contributed by atoms with E-state index in [1.807, 2.05) is 0 Å². The molecule has 72 valence electrons. The van der Waals surface area contributed by atoms with Gasteiger partial charge in [0.1, 0.15) is 12.0 Å². The molecule has 2 heterocycles. The molecule has 0 unspecified atom stereocenters. The Morgan fingerprint density at radius 3 is 3.38 bits per heavy atom. The highest BCUT2D eigenvalue weighted by molar-refractivity contribution is 4.87. The Kier molecular flexibility index (Phi) is 2.94. The second-order valence-electron chi connectivity index (χ2n) is 3.29. The van der Waals surface area contributed by atoms with Gasteiger partial charge in [0.15, 0.2) is 6.39 Å². The van der Waals surface area contributed by atoms with Gasteiger partial charge in [-0.1, -0.05) is 0 Å². The van der Waals surface area contributed by atoms with E-state index in [0.717, 1.165) is 18.8 Å². The highest BCUT2D eigenvalue weighted by atomic mass is 16.5. The third-order valence-corrected chi connectivity index (χ3v) is 2.21. The molecule has 1 N–H and O–H groups in total. The third-order valence-electron chi connectivity index (χ3n) is 2.21. The van der Waals surface area contributed by atoms with E-state index >= 15 is 0 Å². The number of nitrogens with one attached hydrogen (secondary N) is 1. The lowest BCUT2D eigenvalue weighted by Gasteiger charge is -2.09. The van der Waals surface area contributed by atoms with Crippen molar-refractivity contribution in [2.45, 2.75) is 25.5 Å². The van der Waals surface area contributed by atoms with Crippen LogP contribution in [0.1, 0.15) is 18.5 Å². The molecule has 1 saturated heterocycles. The number of hydrogen-bond acceptors (Lipinski definition) is 4. The van der Waals surface area contributed by atoms with Crippen molar-refractivity contribution < 1.29 is 9.15 Å². The first-order valence-electron chi connectivity index (χ1n) is 4.63. The summed E-state index contributed by atoms with van der Waals surface area (Å²) in [5.41, 5.74) is 0.859. The summed E-state index contributed by atoms with van der Waals surface area (Å²) in [6.07, 6.45) is 5.52. The molecule has 1 atom stereocenters. The quantitative estimate of drug-likeness (QED) is 0.753. The minimum Gasteiger partial charge on any atom is -0.451 e. The molecular formula is C9H14N2O2. The summed E-state index contributed by atoms with van der Waals surface area (Å²) in [4.78, 5) is 3.97. The van der Waals surface area contributed by atoms with Crippen molar-refractivity contribution in [2.75, 3.05) is 13.2 Å². The van der Waals surface area contributed by atoms with Gasteiger partial charge in [-0.25, -0.2) is 4.98 Å². The van der Waals surface area contributed by atoms with Gasteiger partial charge in [0.2, 0.25) is 0 Å². The van der Waals surface area contributed by atoms with E-state index in [1.165, 1.54) is 19.2 Å². The minimum absolute atomic E-state index is 0.534. The van der Waals surface area contributed by atoms with Gasteiger partial charge in [-0.05, 0) is 19.4 Å². The standard InChI is InChI=1S/C9H14N2O2/c1-2-8(10-3-1)4-12-5-9-6-13-7-11-9/h6-8,10H,1-5H2/t8-/m1/s1. The molecular weight excluding hydrogens is 168 g/mol. The predicted molar refractivity (Wildman–Crippen MR) is 47.2 cm³/mol. The maximum atomic E-state index is 5.48. The van der Waals surface area contributed by atoms with Gasteiger partial charge >= 0.3 is 0 Å². The maximum absolute atomic E-state index is 5.48. The highest BCUT2D eigenvalue weighted by Gasteiger charge is 2.13. The van der Waals surface area contributed by atoms with Crippen LogP contribution in [-0.2, 0) is 11.3 Å². The molecule has 0 spiro atoms. The molecule has 1 aromatic heterocycles. The SMILES string of the molecule is c1nc(COC[C@H]2CCCN2)co1. The van der Waals surface area contributed by atoms with Crippen molar-refractivity contribution in [3.8, 4) is 0 Å². The van der Waals surface area contributed by atoms with Crippen LogP contribution < -0.4 is 5.32 Å². The highest BCUT2D eigenvalue weighted by Crippen LogP contribution is 2.06. The average Bonchev–Trinajstić information content (AvgIpc) is 2.75. The normalized spacial score (nSPS) is 22.3. The second-order valence-corrected chi connectivity index (χ2v) is 3.29. The van der Waals surface area contributed by atoms with Crippen LogP contribution in [0.3, 0.4) is 0 Å². The molecule has 1 fully saturated rings. The van der Waals surface area contributed by atoms with Gasteiger partial charge in [0.25, 0.3) is 0 Å². The van der Waals surface area contributed by atoms with Crippen LogP contribution >= 0.6 is 0 Å². The molecule has 13 heavy (non-hydrogen) atoms. The first-order chi connectivity index (χ1) is 6.45. The van der Waals surface area contributed by atoms with Gasteiger partial charge in [0, 0.05) is 6.04 Å². The zero-order valence-electron chi connectivity index (χ0n) is 7.53. The largest absolute Gasteiger partial charge is 0.451 e. The number of hydrogen-bond donors (Lipinski definition) is 1. The fourth-order valence-electron chi connectivity index (χ4n) is 1.51. The first-order valence-corrected chi connectivity index (χ1v) is 4.63. The predicted octanol–water partition coefficient (Wildman–Crippen LogP) is 0.943. The first kappa shape index (κ1) is 8.72. The van der Waals surface area contributed by atoms with E-state index in [0.29, 0.717) is 12.6 Å². The topological polar surface area (TPSA) is 47.3 Å². The van der Waals surface area contributed by atoms with Gasteiger partial charge in [-0.3, -0.25) is 0 Å². The number of ether oxygens (including phenoxy) is 1. The Balaban J connectivity index is 1.63. The number of rotatable bonds is 4. The Bertz CT molecular complexity index is 230. The van der Waals surface area contributed by atoms with E-state index < -0.39 is 0 Å². The lowest BCUT2D eigenvalue weighted by Crippen LogP contribution is -2.26. The molecule has 1 aliphatic rings. The molecule has 4 heteroatoms. The fraction of sp³-hybridized carbons (Fsp3) is 0.667. The van der Waals surface area contributed by atoms with Crippen molar-refractivity contribution in [2.24, 2.45) is 0 Å². The number of oxazole rings is 1. The Hall–Kier alpha value is -0.870. The summed E-state index contributed by atoms with van der Waals surface area (Å²) in [5.74, 6) is 0. The van der Waals surface area contributed by atoms with E-state index in [1.54, 1.807) is 6.26 Å². The minimum atomic E-state index is 0.534. The van der Waals surface area contributed by atoms with Crippen molar-refractivity contribution in [3.05, 3.63) is 18.4 Å². The summed E-state index contributed by atoms with van der Waals surface area (Å²) in [7, 11) is 0. The molecule has 0 aliphatic carbocycles. The van der Waals surface area contributed by atoms with Gasteiger partial charge in [-0.15, -0.1) is 0 Å². The van der Waals surface area contributed by atoms with Crippen LogP contribution in [0.15, 0.2) is 17.1 Å². The summed E-state index contributed by atoms with van der Waals surface area (Å²) in [5, 5.41) is 3.37. The van der Waals surface area contributed by atoms with Gasteiger partial charge in [0.05, 0.1) is 13.2 Å². The van der Waals surface area contributed by atoms with Crippen LogP contribution in [0.2, 0.25) is 0 Å². The van der Waals surface area contributed by atoms with Crippen LogP contribution in [0.5, 0.6) is 0 Å². The van der Waals surface area contributed by atoms with Gasteiger partial charge in [-0.2, -0.15) is 0 Å². The number of nitrogens with zero attached hydrogens (tertiary/aromatic N) is 1. The summed E-state index contributed by atoms with van der Waals surface area (Å²) in [6.45, 7) is 2.44. The van der Waals surface area contributed by atoms with E-state index in [-0.39, 0.29) is 0 Å². The van der Waals surface area contributed by atoms with Crippen molar-refractivity contribution >= 4 is 0 Å². The van der Waals surface area contributed by atoms with Crippen molar-refractivity contribution in [1.29, 1.82) is 0 Å². The van der Waals surface area contributed by atoms with E-state index in [9.17, 15) is 0 Å². The zero-order valence-corrected chi connectivity index (χ0v) is 7.53. The van der Waals surface area contributed by atoms with E-state index in [4.69, 9.17) is 9.15 Å². The third kappa shape index (κ3) is 2.54. The van der Waals surface area contributed by atoms with Crippen molar-refractivity contribution in [1.82, 2.24) is 10.3 Å². The zero-order chi connectivity index (χ0) is 8.93. The maximum Gasteiger partial charge on any atom is 0.180 e. The van der Waals surface area contributed by atoms with Crippen LogP contribution in [0.25, 0.3) is 0 Å². The smallest absolute Gasteiger partial charge is 0.180 e. The molecule has 1 aromatic rings. The summed E-state index contributed by atoms with van der Waals surface area (Å²) in [6, 6.07) is 0.534. The summed E-state index contributed by atoms with van der Waals surface area (Å²) >= 11 is 0. The lowest BCUT2D eigenvalue weighted by atomic mass is 10.2. The Morgan fingerprint density at radius 2 is 2.69 bits per heavy atom. The van der Waals surface area contributed by atoms with E-state index in [2.05, 4.69) is 10.3 Å². The lowest BCUT2D eigenvalue weighted by molar-refractivity contribution is 0.101. The fourth-order valence-corrected chi connectivity index (χ4v) is 1.51. The van der Waals surface area contributed by atoms with Crippen LogP contribution in [-0.4, -0.2) is 24.2 Å². The molecule has 1 aliphatic heterocycles.